The summed E-state index contributed by atoms with van der Waals surface area (Å²) in [5.41, 5.74) is -0.475. The maximum atomic E-state index is 12.8. The van der Waals surface area contributed by atoms with Crippen LogP contribution in [0, 0.1) is 17.1 Å². The van der Waals surface area contributed by atoms with E-state index in [2.05, 4.69) is 0 Å². The lowest BCUT2D eigenvalue weighted by atomic mass is 10.1. The number of halogens is 2. The molecule has 0 amide bonds. The summed E-state index contributed by atoms with van der Waals surface area (Å²) in [5.74, 6) is -2.20. The van der Waals surface area contributed by atoms with Crippen LogP contribution in [0.1, 0.15) is 15.9 Å². The lowest BCUT2D eigenvalue weighted by molar-refractivity contribution is 0.0696. The average molecular weight is 200 g/mol. The molecule has 1 N–H and O–H groups in total. The second-order valence-electron chi connectivity index (χ2n) is 2.24. The lowest BCUT2D eigenvalue weighted by Crippen LogP contribution is -1.98. The predicted octanol–water partition coefficient (Wildman–Crippen LogP) is 2.05. The summed E-state index contributed by atoms with van der Waals surface area (Å²) in [6.45, 7) is 0. The van der Waals surface area contributed by atoms with E-state index in [0.29, 0.717) is 0 Å². The largest absolute Gasteiger partial charge is 0.478 e. The van der Waals surface area contributed by atoms with E-state index in [1.165, 1.54) is 0 Å². The first-order valence-electron chi connectivity index (χ1n) is 3.18. The zero-order valence-electron chi connectivity index (χ0n) is 6.21. The zero-order chi connectivity index (χ0) is 10.0. The van der Waals surface area contributed by atoms with Crippen LogP contribution >= 0.6 is 11.6 Å². The number of nitriles is 1. The van der Waals surface area contributed by atoms with E-state index in [1.54, 1.807) is 6.07 Å². The number of carbonyl (C=O) groups is 1. The number of hydrogen-bond acceptors (Lipinski definition) is 2. The Hall–Kier alpha value is -1.60. The molecule has 66 valence electrons. The molecule has 0 aliphatic rings. The van der Waals surface area contributed by atoms with Crippen molar-refractivity contribution in [2.24, 2.45) is 0 Å². The maximum absolute atomic E-state index is 12.8. The van der Waals surface area contributed by atoms with Crippen molar-refractivity contribution in [2.75, 3.05) is 0 Å². The number of benzene rings is 1. The molecule has 0 unspecified atom stereocenters. The van der Waals surface area contributed by atoms with Crippen molar-refractivity contribution < 1.29 is 14.3 Å². The molecule has 5 heteroatoms. The van der Waals surface area contributed by atoms with Crippen LogP contribution in [0.3, 0.4) is 0 Å². The molecule has 1 aromatic carbocycles. The summed E-state index contributed by atoms with van der Waals surface area (Å²) < 4.78 is 12.8. The van der Waals surface area contributed by atoms with Crippen molar-refractivity contribution in [1.82, 2.24) is 0 Å². The van der Waals surface area contributed by atoms with E-state index in [0.717, 1.165) is 12.1 Å². The summed E-state index contributed by atoms with van der Waals surface area (Å²) in [7, 11) is 0. The highest BCUT2D eigenvalue weighted by Gasteiger charge is 2.12. The van der Waals surface area contributed by atoms with E-state index in [-0.39, 0.29) is 16.1 Å². The van der Waals surface area contributed by atoms with Gasteiger partial charge in [0.2, 0.25) is 0 Å². The van der Waals surface area contributed by atoms with E-state index in [9.17, 15) is 9.18 Å². The third-order valence-electron chi connectivity index (χ3n) is 1.40. The van der Waals surface area contributed by atoms with Gasteiger partial charge in [-0.2, -0.15) is 5.26 Å². The Morgan fingerprint density at radius 2 is 2.23 bits per heavy atom. The van der Waals surface area contributed by atoms with Gasteiger partial charge in [0.1, 0.15) is 11.9 Å². The van der Waals surface area contributed by atoms with Crippen LogP contribution in [0.15, 0.2) is 12.1 Å². The van der Waals surface area contributed by atoms with E-state index >= 15 is 0 Å². The van der Waals surface area contributed by atoms with Crippen molar-refractivity contribution in [3.05, 3.63) is 34.1 Å². The summed E-state index contributed by atoms with van der Waals surface area (Å²) in [6.07, 6.45) is 0. The molecule has 13 heavy (non-hydrogen) atoms. The number of nitrogens with zero attached hydrogens (tertiary/aromatic N) is 1. The Bertz CT molecular complexity index is 411. The molecule has 1 rings (SSSR count). The maximum Gasteiger partial charge on any atom is 0.335 e. The van der Waals surface area contributed by atoms with Crippen molar-refractivity contribution in [3.63, 3.8) is 0 Å². The fourth-order valence-electron chi connectivity index (χ4n) is 0.794. The normalized spacial score (nSPS) is 9.31. The van der Waals surface area contributed by atoms with Gasteiger partial charge >= 0.3 is 5.97 Å². The first kappa shape index (κ1) is 9.49. The minimum atomic E-state index is -1.30. The molecule has 1 aromatic rings. The molecule has 0 aromatic heterocycles. The van der Waals surface area contributed by atoms with Crippen LogP contribution in [0.5, 0.6) is 0 Å². The third kappa shape index (κ3) is 1.76. The van der Waals surface area contributed by atoms with Crippen LogP contribution in [-0.4, -0.2) is 11.1 Å². The van der Waals surface area contributed by atoms with Crippen LogP contribution in [-0.2, 0) is 0 Å². The first-order chi connectivity index (χ1) is 6.06. The zero-order valence-corrected chi connectivity index (χ0v) is 6.97. The molecular weight excluding hydrogens is 197 g/mol. The third-order valence-corrected chi connectivity index (χ3v) is 1.78. The Morgan fingerprint density at radius 3 is 2.69 bits per heavy atom. The molecule has 0 saturated carbocycles. The van der Waals surface area contributed by atoms with E-state index < -0.39 is 11.8 Å². The van der Waals surface area contributed by atoms with Crippen LogP contribution in [0.2, 0.25) is 5.02 Å². The molecular formula is C8H3ClFNO2. The molecule has 0 atom stereocenters. The van der Waals surface area contributed by atoms with Gasteiger partial charge in [0.25, 0.3) is 0 Å². The summed E-state index contributed by atoms with van der Waals surface area (Å²) in [5, 5.41) is 16.6. The number of carboxylic acids is 1. The highest BCUT2D eigenvalue weighted by atomic mass is 35.5. The van der Waals surface area contributed by atoms with Crippen molar-refractivity contribution in [2.45, 2.75) is 0 Å². The number of rotatable bonds is 1. The number of hydrogen-bond donors (Lipinski definition) is 1. The minimum absolute atomic E-state index is 0.181. The van der Waals surface area contributed by atoms with Crippen molar-refractivity contribution in [1.29, 1.82) is 5.26 Å². The van der Waals surface area contributed by atoms with Gasteiger partial charge in [0, 0.05) is 0 Å². The van der Waals surface area contributed by atoms with Crippen molar-refractivity contribution in [3.8, 4) is 6.07 Å². The standard InChI is InChI=1S/C8H3ClFNO2/c9-7-5(3-11)1-4(8(12)13)2-6(7)10/h1-2H,(H,12,13). The molecule has 0 fully saturated rings. The molecule has 0 aliphatic heterocycles. The Balaban J connectivity index is 3.41. The highest BCUT2D eigenvalue weighted by molar-refractivity contribution is 6.32. The van der Waals surface area contributed by atoms with Crippen LogP contribution < -0.4 is 0 Å². The number of aromatic carboxylic acids is 1. The molecule has 0 bridgehead atoms. The fraction of sp³-hybridized carbons (Fsp3) is 0. The minimum Gasteiger partial charge on any atom is -0.478 e. The van der Waals surface area contributed by atoms with Gasteiger partial charge < -0.3 is 5.11 Å². The van der Waals surface area contributed by atoms with Gasteiger partial charge in [-0.15, -0.1) is 0 Å². The Labute approximate surface area is 78.0 Å². The Kier molecular flexibility index (Phi) is 2.49. The fourth-order valence-corrected chi connectivity index (χ4v) is 0.945. The van der Waals surface area contributed by atoms with Gasteiger partial charge in [-0.1, -0.05) is 11.6 Å². The molecule has 3 nitrogen and oxygen atoms in total. The van der Waals surface area contributed by atoms with E-state index in [4.69, 9.17) is 22.0 Å². The second kappa shape index (κ2) is 3.42. The number of carboxylic acid groups (broad SMARTS) is 1. The second-order valence-corrected chi connectivity index (χ2v) is 2.61. The predicted molar refractivity (Wildman–Crippen MR) is 43.1 cm³/mol. The first-order valence-corrected chi connectivity index (χ1v) is 3.56. The van der Waals surface area contributed by atoms with Gasteiger partial charge in [-0.3, -0.25) is 0 Å². The van der Waals surface area contributed by atoms with Gasteiger partial charge in [-0.25, -0.2) is 9.18 Å². The van der Waals surface area contributed by atoms with Gasteiger partial charge in [-0.05, 0) is 12.1 Å². The molecule has 0 aliphatic carbocycles. The van der Waals surface area contributed by atoms with E-state index in [1.807, 2.05) is 0 Å². The summed E-state index contributed by atoms with van der Waals surface area (Å²) >= 11 is 5.38. The monoisotopic (exact) mass is 199 g/mol. The molecule has 0 spiro atoms. The SMILES string of the molecule is N#Cc1cc(C(=O)O)cc(F)c1Cl. The highest BCUT2D eigenvalue weighted by Crippen LogP contribution is 2.21. The molecule has 0 radical (unpaired) electrons. The summed E-state index contributed by atoms with van der Waals surface area (Å²) in [4.78, 5) is 10.4. The molecule has 0 heterocycles. The topological polar surface area (TPSA) is 61.1 Å². The average Bonchev–Trinajstić information content (AvgIpc) is 2.09. The summed E-state index contributed by atoms with van der Waals surface area (Å²) in [6, 6.07) is 3.39. The quantitative estimate of drug-likeness (QED) is 0.753. The Morgan fingerprint density at radius 1 is 1.62 bits per heavy atom. The van der Waals surface area contributed by atoms with Crippen LogP contribution in [0.4, 0.5) is 4.39 Å². The smallest absolute Gasteiger partial charge is 0.335 e. The van der Waals surface area contributed by atoms with Gasteiger partial charge in [0.15, 0.2) is 0 Å². The van der Waals surface area contributed by atoms with Gasteiger partial charge in [0.05, 0.1) is 16.1 Å². The molecule has 0 saturated heterocycles. The lowest BCUT2D eigenvalue weighted by Gasteiger charge is -1.99. The van der Waals surface area contributed by atoms with Crippen molar-refractivity contribution >= 4 is 17.6 Å². The van der Waals surface area contributed by atoms with Crippen LogP contribution in [0.25, 0.3) is 0 Å².